The lowest BCUT2D eigenvalue weighted by molar-refractivity contribution is -0.385. The number of hydrogen-bond donors (Lipinski definition) is 1. The third-order valence-corrected chi connectivity index (χ3v) is 6.69. The van der Waals surface area contributed by atoms with E-state index < -0.39 is 40.5 Å². The van der Waals surface area contributed by atoms with Crippen LogP contribution in [0.5, 0.6) is 0 Å². The Morgan fingerprint density at radius 1 is 1.14 bits per heavy atom. The highest BCUT2D eigenvalue weighted by molar-refractivity contribution is 7.14. The highest BCUT2D eigenvalue weighted by atomic mass is 32.1. The molecule has 0 spiro atoms. The first-order valence-corrected chi connectivity index (χ1v) is 13.7. The number of amides is 1. The summed E-state index contributed by atoms with van der Waals surface area (Å²) in [5.41, 5.74) is -0.786. The number of esters is 1. The van der Waals surface area contributed by atoms with Crippen LogP contribution in [-0.4, -0.2) is 50.4 Å². The van der Waals surface area contributed by atoms with Crippen molar-refractivity contribution in [3.8, 4) is 10.6 Å². The largest absolute Gasteiger partial charge is 0.466 e. The second-order valence-electron chi connectivity index (χ2n) is 10.2. The zero-order chi connectivity index (χ0) is 31.1. The van der Waals surface area contributed by atoms with Crippen molar-refractivity contribution in [3.63, 3.8) is 0 Å². The number of aromatic nitrogens is 3. The van der Waals surface area contributed by atoms with Crippen LogP contribution < -0.4 is 5.32 Å². The number of pyridine rings is 1. The molecule has 2 aromatic heterocycles. The summed E-state index contributed by atoms with van der Waals surface area (Å²) in [7, 11) is 0. The number of carbonyl (C=O) groups is 2. The quantitative estimate of drug-likeness (QED) is 0.164. The van der Waals surface area contributed by atoms with Gasteiger partial charge in [-0.3, -0.25) is 19.9 Å². The fraction of sp³-hybridized carbons (Fsp3) is 0.444. The number of ether oxygens (including phenoxy) is 2. The molecule has 0 saturated heterocycles. The van der Waals surface area contributed by atoms with Crippen LogP contribution in [0.15, 0.2) is 36.5 Å². The van der Waals surface area contributed by atoms with Crippen LogP contribution >= 0.6 is 11.3 Å². The van der Waals surface area contributed by atoms with E-state index in [1.54, 1.807) is 27.7 Å². The molecule has 3 rings (SSSR count). The Morgan fingerprint density at radius 2 is 1.88 bits per heavy atom. The monoisotopic (exact) mass is 609 g/mol. The van der Waals surface area contributed by atoms with Gasteiger partial charge in [-0.25, -0.2) is 4.79 Å². The first-order chi connectivity index (χ1) is 19.6. The maximum absolute atomic E-state index is 12.9. The number of halogens is 3. The van der Waals surface area contributed by atoms with Crippen molar-refractivity contribution in [3.05, 3.63) is 68.5 Å². The van der Waals surface area contributed by atoms with Gasteiger partial charge in [-0.15, -0.1) is 10.2 Å². The zero-order valence-electron chi connectivity index (χ0n) is 23.4. The van der Waals surface area contributed by atoms with Crippen LogP contribution in [0, 0.1) is 10.1 Å². The number of hydrogen-bond acceptors (Lipinski definition) is 10. The minimum absolute atomic E-state index is 0.144. The number of nitro groups is 1. The summed E-state index contributed by atoms with van der Waals surface area (Å²) in [6, 6.07) is 5.98. The topological polar surface area (TPSA) is 146 Å². The molecular weight excluding hydrogens is 579 g/mol. The van der Waals surface area contributed by atoms with Crippen molar-refractivity contribution < 1.29 is 37.2 Å². The fourth-order valence-corrected chi connectivity index (χ4v) is 4.72. The van der Waals surface area contributed by atoms with Crippen LogP contribution in [0.1, 0.15) is 55.9 Å². The molecule has 1 aromatic carbocycles. The maximum Gasteiger partial charge on any atom is 0.433 e. The molecule has 1 amide bonds. The van der Waals surface area contributed by atoms with E-state index in [0.717, 1.165) is 12.3 Å². The third kappa shape index (κ3) is 9.75. The molecule has 15 heteroatoms. The molecule has 0 radical (unpaired) electrons. The third-order valence-electron chi connectivity index (χ3n) is 5.65. The van der Waals surface area contributed by atoms with Gasteiger partial charge in [0.05, 0.1) is 18.0 Å². The lowest BCUT2D eigenvalue weighted by Crippen LogP contribution is -2.40. The highest BCUT2D eigenvalue weighted by Gasteiger charge is 2.32. The van der Waals surface area contributed by atoms with Gasteiger partial charge >= 0.3 is 18.2 Å². The molecule has 1 N–H and O–H groups in total. The van der Waals surface area contributed by atoms with Gasteiger partial charge in [0.1, 0.15) is 21.3 Å². The average Bonchev–Trinajstić information content (AvgIpc) is 3.35. The minimum Gasteiger partial charge on any atom is -0.466 e. The van der Waals surface area contributed by atoms with Gasteiger partial charge < -0.3 is 14.8 Å². The van der Waals surface area contributed by atoms with E-state index in [-0.39, 0.29) is 30.7 Å². The van der Waals surface area contributed by atoms with Gasteiger partial charge in [-0.1, -0.05) is 17.4 Å². The van der Waals surface area contributed by atoms with Gasteiger partial charge in [-0.05, 0) is 64.3 Å². The van der Waals surface area contributed by atoms with E-state index in [9.17, 15) is 32.9 Å². The molecule has 0 saturated carbocycles. The molecule has 226 valence electrons. The van der Waals surface area contributed by atoms with E-state index in [2.05, 4.69) is 20.5 Å². The number of aryl methyl sites for hydroxylation is 1. The van der Waals surface area contributed by atoms with E-state index in [4.69, 9.17) is 9.47 Å². The molecule has 0 aliphatic carbocycles. The molecule has 11 nitrogen and oxygen atoms in total. The standard InChI is InChI=1S/C27H30F3N5O6S/c1-5-40-23(36)14-18-13-17(7-9-20(18)35(38)39)24-34-33-22(42-24)11-8-19(32-25(37)41-26(2,3)4)12-16-6-10-21(31-15-16)27(28,29)30/h6-7,9-10,13,15,19H,5,8,11-12,14H2,1-4H3,(H,32,37)/t19-/m0/s1. The molecule has 2 heterocycles. The first-order valence-electron chi connectivity index (χ1n) is 12.9. The van der Waals surface area contributed by atoms with Crippen molar-refractivity contribution in [2.75, 3.05) is 6.61 Å². The van der Waals surface area contributed by atoms with Gasteiger partial charge in [0, 0.05) is 35.9 Å². The predicted molar refractivity (Wildman–Crippen MR) is 147 cm³/mol. The lowest BCUT2D eigenvalue weighted by atomic mass is 10.0. The Bertz CT molecular complexity index is 1410. The number of nitrogens with one attached hydrogen (secondary N) is 1. The van der Waals surface area contributed by atoms with Crippen LogP contribution in [0.25, 0.3) is 10.6 Å². The van der Waals surface area contributed by atoms with E-state index >= 15 is 0 Å². The highest BCUT2D eigenvalue weighted by Crippen LogP contribution is 2.30. The first kappa shape index (κ1) is 32.4. The Balaban J connectivity index is 1.76. The van der Waals surface area contributed by atoms with E-state index in [0.29, 0.717) is 34.0 Å². The number of nitrogens with zero attached hydrogens (tertiary/aromatic N) is 4. The summed E-state index contributed by atoms with van der Waals surface area (Å²) in [5.74, 6) is -0.595. The fourth-order valence-electron chi connectivity index (χ4n) is 3.87. The second-order valence-corrected chi connectivity index (χ2v) is 11.3. The summed E-state index contributed by atoms with van der Waals surface area (Å²) < 4.78 is 49.0. The van der Waals surface area contributed by atoms with Crippen molar-refractivity contribution in [1.82, 2.24) is 20.5 Å². The average molecular weight is 610 g/mol. The smallest absolute Gasteiger partial charge is 0.433 e. The number of alkyl carbamates (subject to hydrolysis) is 1. The molecule has 1 atom stereocenters. The summed E-state index contributed by atoms with van der Waals surface area (Å²) in [4.78, 5) is 38.8. The number of alkyl halides is 3. The SMILES string of the molecule is CCOC(=O)Cc1cc(-c2nnc(CC[C@@H](Cc3ccc(C(F)(F)F)nc3)NC(=O)OC(C)(C)C)s2)ccc1[N+](=O)[O-]. The molecular formula is C27H30F3N5O6S. The van der Waals surface area contributed by atoms with Crippen LogP contribution in [0.4, 0.5) is 23.7 Å². The molecule has 3 aromatic rings. The summed E-state index contributed by atoms with van der Waals surface area (Å²) >= 11 is 1.23. The Hall–Kier alpha value is -4.14. The molecule has 0 aliphatic heterocycles. The number of rotatable bonds is 11. The summed E-state index contributed by atoms with van der Waals surface area (Å²) in [6.45, 7) is 6.91. The lowest BCUT2D eigenvalue weighted by Gasteiger charge is -2.23. The van der Waals surface area contributed by atoms with Crippen molar-refractivity contribution in [2.45, 2.75) is 71.2 Å². The Morgan fingerprint density at radius 3 is 2.48 bits per heavy atom. The van der Waals surface area contributed by atoms with Crippen LogP contribution in [0.3, 0.4) is 0 Å². The predicted octanol–water partition coefficient (Wildman–Crippen LogP) is 5.70. The number of carbonyl (C=O) groups excluding carboxylic acids is 2. The van der Waals surface area contributed by atoms with Crippen molar-refractivity contribution in [2.24, 2.45) is 0 Å². The number of benzene rings is 1. The number of nitro benzene ring substituents is 1. The molecule has 0 unspecified atom stereocenters. The van der Waals surface area contributed by atoms with Gasteiger partial charge in [0.25, 0.3) is 5.69 Å². The molecule has 0 bridgehead atoms. The zero-order valence-corrected chi connectivity index (χ0v) is 24.2. The second kappa shape index (κ2) is 13.7. The van der Waals surface area contributed by atoms with E-state index in [1.807, 2.05) is 0 Å². The van der Waals surface area contributed by atoms with Gasteiger partial charge in [0.15, 0.2) is 0 Å². The molecule has 42 heavy (non-hydrogen) atoms. The van der Waals surface area contributed by atoms with Crippen LogP contribution in [-0.2, 0) is 39.7 Å². The molecule has 0 fully saturated rings. The van der Waals surface area contributed by atoms with Crippen molar-refractivity contribution in [1.29, 1.82) is 0 Å². The summed E-state index contributed by atoms with van der Waals surface area (Å²) in [5, 5.41) is 23.6. The van der Waals surface area contributed by atoms with Gasteiger partial charge in [-0.2, -0.15) is 13.2 Å². The normalized spacial score (nSPS) is 12.5. The van der Waals surface area contributed by atoms with E-state index in [1.165, 1.54) is 35.6 Å². The minimum atomic E-state index is -4.56. The Labute approximate surface area is 243 Å². The summed E-state index contributed by atoms with van der Waals surface area (Å²) in [6.07, 6.45) is -3.50. The molecule has 0 aliphatic rings. The van der Waals surface area contributed by atoms with Gasteiger partial charge in [0.2, 0.25) is 0 Å². The van der Waals surface area contributed by atoms with Crippen LogP contribution in [0.2, 0.25) is 0 Å². The maximum atomic E-state index is 12.9. The van der Waals surface area contributed by atoms with Crippen molar-refractivity contribution >= 4 is 29.1 Å². The Kier molecular flexibility index (Phi) is 10.5.